The zero-order valence-corrected chi connectivity index (χ0v) is 18.0. The number of hydrogen-bond donors (Lipinski definition) is 3. The van der Waals surface area contributed by atoms with Gasteiger partial charge in [0.2, 0.25) is 11.8 Å². The summed E-state index contributed by atoms with van der Waals surface area (Å²) in [6.45, 7) is -0.334. The van der Waals surface area contributed by atoms with E-state index in [-0.39, 0.29) is 18.4 Å². The van der Waals surface area contributed by atoms with Gasteiger partial charge in [0.1, 0.15) is 12.4 Å². The summed E-state index contributed by atoms with van der Waals surface area (Å²) in [7, 11) is 0. The molecule has 1 fully saturated rings. The number of nitrogens with zero attached hydrogens (tertiary/aromatic N) is 3. The number of carbonyl (C=O) groups is 2. The van der Waals surface area contributed by atoms with E-state index in [1.807, 2.05) is 12.1 Å². The monoisotopic (exact) mass is 486 g/mol. The fraction of sp³-hybridized carbons (Fsp3) is 0.217. The molecule has 3 N–H and O–H groups in total. The molecule has 0 unspecified atom stereocenters. The van der Waals surface area contributed by atoms with Gasteiger partial charge in [-0.15, -0.1) is 0 Å². The Hall–Kier alpha value is -4.22. The summed E-state index contributed by atoms with van der Waals surface area (Å²) in [5.41, 5.74) is 0.491. The van der Waals surface area contributed by atoms with Crippen LogP contribution in [0, 0.1) is 11.7 Å². The van der Waals surface area contributed by atoms with E-state index in [2.05, 4.69) is 25.9 Å². The predicted molar refractivity (Wildman–Crippen MR) is 119 cm³/mol. The Kier molecular flexibility index (Phi) is 5.50. The van der Waals surface area contributed by atoms with Gasteiger partial charge in [-0.25, -0.2) is 4.39 Å². The first-order valence-electron chi connectivity index (χ1n) is 10.7. The SMILES string of the molecule is O=C(Cn1cc(-c2ccc3c(NC(=O)C4CC4)n[nH]c3c2)cn1)Nc1cc(C(F)(F)F)ccc1F. The third-order valence-electron chi connectivity index (χ3n) is 5.59. The van der Waals surface area contributed by atoms with Gasteiger partial charge in [0.15, 0.2) is 5.82 Å². The van der Waals surface area contributed by atoms with E-state index in [0.717, 1.165) is 23.8 Å². The minimum atomic E-state index is -4.66. The van der Waals surface area contributed by atoms with Crippen LogP contribution in [0.3, 0.4) is 0 Å². The fourth-order valence-corrected chi connectivity index (χ4v) is 3.59. The Morgan fingerprint density at radius 2 is 1.89 bits per heavy atom. The van der Waals surface area contributed by atoms with Gasteiger partial charge >= 0.3 is 6.18 Å². The number of hydrogen-bond acceptors (Lipinski definition) is 4. The Labute approximate surface area is 195 Å². The maximum absolute atomic E-state index is 13.9. The van der Waals surface area contributed by atoms with Crippen molar-refractivity contribution in [1.82, 2.24) is 20.0 Å². The third-order valence-corrected chi connectivity index (χ3v) is 5.59. The second-order valence-corrected chi connectivity index (χ2v) is 8.26. The molecular formula is C23H18F4N6O2. The summed E-state index contributed by atoms with van der Waals surface area (Å²) in [5, 5.41) is 16.9. The molecule has 180 valence electrons. The summed E-state index contributed by atoms with van der Waals surface area (Å²) < 4.78 is 53.8. The van der Waals surface area contributed by atoms with Crippen molar-refractivity contribution in [2.45, 2.75) is 25.6 Å². The molecule has 5 rings (SSSR count). The number of carbonyl (C=O) groups excluding carboxylic acids is 2. The van der Waals surface area contributed by atoms with Crippen LogP contribution < -0.4 is 10.6 Å². The lowest BCUT2D eigenvalue weighted by Crippen LogP contribution is -2.20. The smallest absolute Gasteiger partial charge is 0.322 e. The van der Waals surface area contributed by atoms with E-state index in [1.165, 1.54) is 10.9 Å². The van der Waals surface area contributed by atoms with E-state index in [1.54, 1.807) is 12.3 Å². The van der Waals surface area contributed by atoms with Crippen LogP contribution in [-0.4, -0.2) is 31.8 Å². The molecule has 0 radical (unpaired) electrons. The minimum absolute atomic E-state index is 0.0490. The highest BCUT2D eigenvalue weighted by Crippen LogP contribution is 2.33. The average Bonchev–Trinajstić information content (AvgIpc) is 3.44. The fourth-order valence-electron chi connectivity index (χ4n) is 3.59. The molecule has 0 spiro atoms. The standard InChI is InChI=1S/C23H18F4N6O2/c24-17-6-4-15(23(25,26)27)8-19(17)29-20(34)11-33-10-14(9-28-33)13-3-5-16-18(7-13)31-32-21(16)30-22(35)12-1-2-12/h3-10,12H,1-2,11H2,(H,29,34)(H2,30,31,32,35). The maximum atomic E-state index is 13.9. The number of aromatic amines is 1. The van der Waals surface area contributed by atoms with Gasteiger partial charge in [-0.2, -0.15) is 23.4 Å². The first-order valence-corrected chi connectivity index (χ1v) is 10.7. The van der Waals surface area contributed by atoms with Crippen molar-refractivity contribution >= 4 is 34.2 Å². The average molecular weight is 486 g/mol. The molecule has 0 bridgehead atoms. The molecule has 2 amide bonds. The number of rotatable bonds is 6. The van der Waals surface area contributed by atoms with Crippen LogP contribution in [0.15, 0.2) is 48.8 Å². The van der Waals surface area contributed by atoms with Crippen LogP contribution in [0.5, 0.6) is 0 Å². The molecule has 0 saturated heterocycles. The molecule has 12 heteroatoms. The first-order chi connectivity index (χ1) is 16.7. The molecule has 0 aliphatic heterocycles. The number of aromatic nitrogens is 4. The maximum Gasteiger partial charge on any atom is 0.416 e. The first kappa shape index (κ1) is 22.6. The summed E-state index contributed by atoms with van der Waals surface area (Å²) in [4.78, 5) is 24.3. The Balaban J connectivity index is 1.28. The van der Waals surface area contributed by atoms with E-state index in [9.17, 15) is 27.2 Å². The second-order valence-electron chi connectivity index (χ2n) is 8.26. The van der Waals surface area contributed by atoms with Crippen molar-refractivity contribution in [1.29, 1.82) is 0 Å². The number of nitrogens with one attached hydrogen (secondary N) is 3. The van der Waals surface area contributed by atoms with Crippen molar-refractivity contribution < 1.29 is 27.2 Å². The largest absolute Gasteiger partial charge is 0.416 e. The summed E-state index contributed by atoms with van der Waals surface area (Å²) in [5.74, 6) is -1.26. The lowest BCUT2D eigenvalue weighted by Gasteiger charge is -2.11. The highest BCUT2D eigenvalue weighted by atomic mass is 19.4. The molecule has 2 aromatic heterocycles. The molecule has 1 aliphatic carbocycles. The van der Waals surface area contributed by atoms with Gasteiger partial charge in [0, 0.05) is 23.1 Å². The van der Waals surface area contributed by atoms with E-state index >= 15 is 0 Å². The number of H-pyrrole nitrogens is 1. The lowest BCUT2D eigenvalue weighted by molar-refractivity contribution is -0.137. The normalized spacial score (nSPS) is 13.7. The van der Waals surface area contributed by atoms with E-state index < -0.39 is 29.2 Å². The van der Waals surface area contributed by atoms with Crippen molar-refractivity contribution in [2.75, 3.05) is 10.6 Å². The molecule has 1 aliphatic rings. The number of amides is 2. The number of halogens is 4. The van der Waals surface area contributed by atoms with Crippen molar-refractivity contribution in [3.63, 3.8) is 0 Å². The van der Waals surface area contributed by atoms with Gasteiger partial charge < -0.3 is 10.6 Å². The zero-order valence-electron chi connectivity index (χ0n) is 18.0. The Morgan fingerprint density at radius 3 is 2.63 bits per heavy atom. The molecule has 8 nitrogen and oxygen atoms in total. The van der Waals surface area contributed by atoms with Crippen LogP contribution in [0.25, 0.3) is 22.0 Å². The molecule has 4 aromatic rings. The number of benzene rings is 2. The van der Waals surface area contributed by atoms with E-state index in [0.29, 0.717) is 35.1 Å². The quantitative estimate of drug-likeness (QED) is 0.347. The van der Waals surface area contributed by atoms with Crippen LogP contribution in [0.2, 0.25) is 0 Å². The summed E-state index contributed by atoms with van der Waals surface area (Å²) >= 11 is 0. The highest BCUT2D eigenvalue weighted by Gasteiger charge is 2.31. The molecule has 1 saturated carbocycles. The third kappa shape index (κ3) is 4.86. The lowest BCUT2D eigenvalue weighted by atomic mass is 10.1. The van der Waals surface area contributed by atoms with Gasteiger partial charge in [0.05, 0.1) is 23.0 Å². The molecular weight excluding hydrogens is 468 g/mol. The predicted octanol–water partition coefficient (Wildman–Crippen LogP) is 4.57. The Bertz CT molecular complexity index is 1440. The Morgan fingerprint density at radius 1 is 1.09 bits per heavy atom. The summed E-state index contributed by atoms with van der Waals surface area (Å²) in [6, 6.07) is 7.22. The number of anilines is 2. The van der Waals surface area contributed by atoms with Crippen LogP contribution >= 0.6 is 0 Å². The number of fused-ring (bicyclic) bond motifs is 1. The zero-order chi connectivity index (χ0) is 24.7. The highest BCUT2D eigenvalue weighted by molar-refractivity contribution is 6.02. The second kappa shape index (κ2) is 8.53. The topological polar surface area (TPSA) is 105 Å². The molecule has 35 heavy (non-hydrogen) atoms. The van der Waals surface area contributed by atoms with Gasteiger partial charge in [0.25, 0.3) is 0 Å². The van der Waals surface area contributed by atoms with E-state index in [4.69, 9.17) is 0 Å². The molecule has 2 heterocycles. The van der Waals surface area contributed by atoms with Crippen LogP contribution in [-0.2, 0) is 22.3 Å². The summed E-state index contributed by atoms with van der Waals surface area (Å²) in [6.07, 6.45) is 0.203. The molecule has 0 atom stereocenters. The van der Waals surface area contributed by atoms with Gasteiger partial charge in [-0.3, -0.25) is 19.4 Å². The van der Waals surface area contributed by atoms with Crippen LogP contribution in [0.4, 0.5) is 29.1 Å². The minimum Gasteiger partial charge on any atom is -0.322 e. The number of alkyl halides is 3. The van der Waals surface area contributed by atoms with Crippen LogP contribution in [0.1, 0.15) is 18.4 Å². The molecule has 2 aromatic carbocycles. The van der Waals surface area contributed by atoms with Crippen molar-refractivity contribution in [2.24, 2.45) is 5.92 Å². The van der Waals surface area contributed by atoms with Crippen molar-refractivity contribution in [3.8, 4) is 11.1 Å². The van der Waals surface area contributed by atoms with Crippen molar-refractivity contribution in [3.05, 3.63) is 60.2 Å². The van der Waals surface area contributed by atoms with Gasteiger partial charge in [-0.05, 0) is 48.7 Å². The van der Waals surface area contributed by atoms with Gasteiger partial charge in [-0.1, -0.05) is 6.07 Å².